The van der Waals surface area contributed by atoms with Crippen LogP contribution < -0.4 is 26.6 Å². The maximum Gasteiger partial charge on any atom is 0.414 e. The second-order valence-corrected chi connectivity index (χ2v) is 15.5. The van der Waals surface area contributed by atoms with Crippen LogP contribution in [0.3, 0.4) is 0 Å². The molecule has 4 atom stereocenters. The minimum absolute atomic E-state index is 0.0432. The number of aliphatic carboxylic acids is 1. The predicted molar refractivity (Wildman–Crippen MR) is 212 cm³/mol. The lowest BCUT2D eigenvalue weighted by Gasteiger charge is -2.27. The van der Waals surface area contributed by atoms with Crippen molar-refractivity contribution in [3.8, 4) is 0 Å². The van der Waals surface area contributed by atoms with Crippen LogP contribution in [0.5, 0.6) is 0 Å². The molecule has 1 heterocycles. The van der Waals surface area contributed by atoms with Gasteiger partial charge >= 0.3 is 18.2 Å². The summed E-state index contributed by atoms with van der Waals surface area (Å²) in [6, 6.07) is 13.1. The van der Waals surface area contributed by atoms with E-state index in [9.17, 15) is 33.9 Å². The highest BCUT2D eigenvalue weighted by Gasteiger charge is 2.32. The number of hydrogen-bond acceptors (Lipinski definition) is 10. The lowest BCUT2D eigenvalue weighted by Crippen LogP contribution is -2.58. The molecule has 0 bridgehead atoms. The third-order valence-electron chi connectivity index (χ3n) is 8.06. The van der Waals surface area contributed by atoms with E-state index in [1.807, 2.05) is 19.1 Å². The number of anilines is 1. The molecule has 0 saturated carbocycles. The van der Waals surface area contributed by atoms with Crippen LogP contribution in [-0.2, 0) is 47.9 Å². The molecule has 0 spiro atoms. The number of nitrogens with zero attached hydrogens (tertiary/aromatic N) is 2. The van der Waals surface area contributed by atoms with E-state index >= 15 is 0 Å². The van der Waals surface area contributed by atoms with Gasteiger partial charge in [-0.3, -0.25) is 19.7 Å². The summed E-state index contributed by atoms with van der Waals surface area (Å²) < 4.78 is 10.6. The van der Waals surface area contributed by atoms with Gasteiger partial charge in [0.15, 0.2) is 0 Å². The number of carboxylic acid groups (broad SMARTS) is 1. The number of benzene rings is 2. The first kappa shape index (κ1) is 45.3. The second-order valence-electron chi connectivity index (χ2n) is 15.5. The number of ether oxygens (including phenoxy) is 2. The van der Waals surface area contributed by atoms with Crippen molar-refractivity contribution in [2.24, 2.45) is 0 Å². The third kappa shape index (κ3) is 17.1. The van der Waals surface area contributed by atoms with Gasteiger partial charge in [-0.05, 0) is 64.7 Å². The van der Waals surface area contributed by atoms with Crippen molar-refractivity contribution < 1.29 is 43.3 Å². The number of rotatable bonds is 18. The van der Waals surface area contributed by atoms with Crippen LogP contribution in [0.1, 0.15) is 84.4 Å². The van der Waals surface area contributed by atoms with Crippen molar-refractivity contribution in [2.45, 2.75) is 122 Å². The topological polar surface area (TPSA) is 227 Å². The van der Waals surface area contributed by atoms with Gasteiger partial charge in [0.05, 0.1) is 0 Å². The fourth-order valence-corrected chi connectivity index (χ4v) is 5.42. The van der Waals surface area contributed by atoms with Gasteiger partial charge in [0, 0.05) is 31.7 Å². The first-order chi connectivity index (χ1) is 26.8. The zero-order valence-electron chi connectivity index (χ0n) is 33.6. The largest absolute Gasteiger partial charge is 0.480 e. The van der Waals surface area contributed by atoms with Gasteiger partial charge in [0.2, 0.25) is 23.7 Å². The van der Waals surface area contributed by atoms with Gasteiger partial charge in [-0.1, -0.05) is 80.4 Å². The van der Waals surface area contributed by atoms with Gasteiger partial charge in [0.1, 0.15) is 35.4 Å². The summed E-state index contributed by atoms with van der Waals surface area (Å²) in [6.45, 7) is 12.1. The van der Waals surface area contributed by atoms with Gasteiger partial charge in [-0.2, -0.15) is 0 Å². The molecule has 308 valence electrons. The van der Waals surface area contributed by atoms with Crippen molar-refractivity contribution in [1.82, 2.24) is 31.2 Å². The SMILES string of the molecule is CCCC[C@@H](NC(=O)[C@@H](Cc1ccccc1)NC(=O)[C@@H](Cc1ccccc1)NC(=O)OC(C)(C)C)C(=O)N[C@H](Cc1cnc(NC(=O)OC(C)(C)C)nc1)C(=O)O. The summed E-state index contributed by atoms with van der Waals surface area (Å²) in [7, 11) is 0. The van der Waals surface area contributed by atoms with Crippen molar-refractivity contribution in [3.63, 3.8) is 0 Å². The number of unbranched alkanes of at least 4 members (excludes halogenated alkanes) is 1. The first-order valence-corrected chi connectivity index (χ1v) is 18.8. The molecule has 2 aromatic carbocycles. The Hall–Kier alpha value is -6.06. The van der Waals surface area contributed by atoms with Crippen LogP contribution in [0.2, 0.25) is 0 Å². The zero-order chi connectivity index (χ0) is 42.2. The van der Waals surface area contributed by atoms with E-state index in [1.54, 1.807) is 90.1 Å². The molecule has 0 aliphatic carbocycles. The quantitative estimate of drug-likeness (QED) is 0.105. The number of amides is 5. The molecule has 3 aromatic rings. The second kappa shape index (κ2) is 21.3. The molecule has 0 fully saturated rings. The molecule has 0 aliphatic rings. The molecule has 5 amide bonds. The Morgan fingerprint density at radius 3 is 1.49 bits per heavy atom. The van der Waals surface area contributed by atoms with Crippen LogP contribution in [0.15, 0.2) is 73.1 Å². The fourth-order valence-electron chi connectivity index (χ4n) is 5.42. The summed E-state index contributed by atoms with van der Waals surface area (Å²) in [5.74, 6) is -3.48. The highest BCUT2D eigenvalue weighted by Crippen LogP contribution is 2.13. The van der Waals surface area contributed by atoms with E-state index in [1.165, 1.54) is 12.4 Å². The smallest absolute Gasteiger partial charge is 0.414 e. The summed E-state index contributed by atoms with van der Waals surface area (Å²) in [5.41, 5.74) is 0.242. The van der Waals surface area contributed by atoms with E-state index in [0.29, 0.717) is 24.0 Å². The Labute approximate surface area is 333 Å². The Balaban J connectivity index is 1.80. The van der Waals surface area contributed by atoms with Crippen LogP contribution in [-0.4, -0.2) is 86.3 Å². The van der Waals surface area contributed by atoms with Crippen LogP contribution in [0.4, 0.5) is 15.5 Å². The summed E-state index contributed by atoms with van der Waals surface area (Å²) in [4.78, 5) is 87.0. The molecule has 16 nitrogen and oxygen atoms in total. The van der Waals surface area contributed by atoms with Crippen molar-refractivity contribution in [1.29, 1.82) is 0 Å². The molecule has 3 rings (SSSR count). The highest BCUT2D eigenvalue weighted by molar-refractivity contribution is 5.95. The van der Waals surface area contributed by atoms with Gasteiger partial charge in [-0.25, -0.2) is 24.4 Å². The number of alkyl carbamates (subject to hydrolysis) is 1. The maximum absolute atomic E-state index is 14.1. The van der Waals surface area contributed by atoms with Crippen LogP contribution in [0, 0.1) is 0 Å². The molecule has 57 heavy (non-hydrogen) atoms. The molecule has 0 saturated heterocycles. The summed E-state index contributed by atoms with van der Waals surface area (Å²) in [6.07, 6.45) is 2.36. The third-order valence-corrected chi connectivity index (χ3v) is 8.06. The van der Waals surface area contributed by atoms with Crippen molar-refractivity contribution >= 4 is 41.8 Å². The van der Waals surface area contributed by atoms with E-state index in [-0.39, 0.29) is 31.6 Å². The zero-order valence-corrected chi connectivity index (χ0v) is 33.6. The fraction of sp³-hybridized carbons (Fsp3) is 0.463. The maximum atomic E-state index is 14.1. The Morgan fingerprint density at radius 1 is 0.596 bits per heavy atom. The average Bonchev–Trinajstić information content (AvgIpc) is 3.12. The number of nitrogens with one attached hydrogen (secondary N) is 5. The van der Waals surface area contributed by atoms with Gasteiger partial charge < -0.3 is 35.8 Å². The average molecular weight is 790 g/mol. The molecule has 0 radical (unpaired) electrons. The molecular formula is C41H55N7O9. The van der Waals surface area contributed by atoms with Crippen LogP contribution >= 0.6 is 0 Å². The van der Waals surface area contributed by atoms with E-state index in [2.05, 4.69) is 36.6 Å². The number of carbonyl (C=O) groups is 6. The standard InChI is InChI=1S/C41H55N7O9/c1-8-9-20-29(33(49)46-32(36(52)53)23-28-24-42-37(43-25-28)48-39(55)57-41(5,6)7)44-34(50)30(21-26-16-12-10-13-17-26)45-35(51)31(22-27-18-14-11-15-19-27)47-38(54)56-40(2,3)4/h10-19,24-25,29-32H,8-9,20-23H2,1-7H3,(H,44,50)(H,45,51)(H,46,49)(H,47,54)(H,52,53)(H,42,43,48,55)/t29-,30-,31-,32-/m1/s1. The van der Waals surface area contributed by atoms with E-state index < -0.39 is 71.2 Å². The molecular weight excluding hydrogens is 734 g/mol. The van der Waals surface area contributed by atoms with Gasteiger partial charge in [-0.15, -0.1) is 0 Å². The summed E-state index contributed by atoms with van der Waals surface area (Å²) >= 11 is 0. The lowest BCUT2D eigenvalue weighted by molar-refractivity contribution is -0.142. The number of carboxylic acids is 1. The Morgan fingerprint density at radius 2 is 1.02 bits per heavy atom. The number of aromatic nitrogens is 2. The predicted octanol–water partition coefficient (Wildman–Crippen LogP) is 4.47. The highest BCUT2D eigenvalue weighted by atomic mass is 16.6. The molecule has 0 unspecified atom stereocenters. The molecule has 6 N–H and O–H groups in total. The van der Waals surface area contributed by atoms with E-state index in [4.69, 9.17) is 9.47 Å². The Bertz CT molecular complexity index is 1790. The molecule has 16 heteroatoms. The monoisotopic (exact) mass is 789 g/mol. The van der Waals surface area contributed by atoms with E-state index in [0.717, 1.165) is 5.56 Å². The molecule has 1 aromatic heterocycles. The Kier molecular flexibility index (Phi) is 16.9. The number of hydrogen-bond donors (Lipinski definition) is 6. The van der Waals surface area contributed by atoms with Crippen LogP contribution in [0.25, 0.3) is 0 Å². The normalized spacial score (nSPS) is 13.5. The lowest BCUT2D eigenvalue weighted by atomic mass is 10.0. The van der Waals surface area contributed by atoms with Crippen molar-refractivity contribution in [3.05, 3.63) is 89.7 Å². The van der Waals surface area contributed by atoms with Crippen molar-refractivity contribution in [2.75, 3.05) is 5.32 Å². The molecule has 0 aliphatic heterocycles. The minimum atomic E-state index is -1.43. The van der Waals surface area contributed by atoms with Gasteiger partial charge in [0.25, 0.3) is 0 Å². The first-order valence-electron chi connectivity index (χ1n) is 18.8. The number of carbonyl (C=O) groups excluding carboxylic acids is 5. The minimum Gasteiger partial charge on any atom is -0.480 e. The summed E-state index contributed by atoms with van der Waals surface area (Å²) in [5, 5.41) is 23.1.